The molecule has 4 rings (SSSR count). The van der Waals surface area contributed by atoms with Crippen molar-refractivity contribution in [2.75, 3.05) is 18.5 Å². The summed E-state index contributed by atoms with van der Waals surface area (Å²) >= 11 is 0. The van der Waals surface area contributed by atoms with Crippen LogP contribution < -0.4 is 16.4 Å². The first-order chi connectivity index (χ1) is 13.6. The maximum atomic E-state index is 12.1. The summed E-state index contributed by atoms with van der Waals surface area (Å²) in [5, 5.41) is 9.36. The molecule has 28 heavy (non-hydrogen) atoms. The molecule has 0 unspecified atom stereocenters. The van der Waals surface area contributed by atoms with Gasteiger partial charge in [-0.3, -0.25) is 4.57 Å². The summed E-state index contributed by atoms with van der Waals surface area (Å²) in [5.74, 6) is 0.599. The number of hydrogen-bond acceptors (Lipinski definition) is 7. The molecule has 2 aromatic heterocycles. The number of fused-ring (bicyclic) bond motifs is 1. The highest BCUT2D eigenvalue weighted by atomic mass is 16.5. The molecule has 148 valence electrons. The Morgan fingerprint density at radius 1 is 1.39 bits per heavy atom. The molecule has 0 bridgehead atoms. The molecule has 0 saturated carbocycles. The van der Waals surface area contributed by atoms with Gasteiger partial charge in [-0.15, -0.1) is 0 Å². The Hall–Kier alpha value is -3.14. The largest absolute Gasteiger partial charge is 0.419 e. The zero-order chi connectivity index (χ0) is 19.5. The first kappa shape index (κ1) is 18.2. The van der Waals surface area contributed by atoms with E-state index in [4.69, 9.17) is 13.7 Å². The first-order valence-electron chi connectivity index (χ1n) is 9.26. The van der Waals surface area contributed by atoms with Gasteiger partial charge in [0.2, 0.25) is 0 Å². The summed E-state index contributed by atoms with van der Waals surface area (Å²) in [7, 11) is 0. The number of urea groups is 1. The van der Waals surface area contributed by atoms with Crippen LogP contribution in [0.3, 0.4) is 0 Å². The molecule has 1 aliphatic heterocycles. The van der Waals surface area contributed by atoms with Crippen LogP contribution in [0.15, 0.2) is 31.9 Å². The first-order valence-corrected chi connectivity index (χ1v) is 9.26. The van der Waals surface area contributed by atoms with Gasteiger partial charge in [0, 0.05) is 37.9 Å². The lowest BCUT2D eigenvalue weighted by Gasteiger charge is -2.06. The quantitative estimate of drug-likeness (QED) is 0.664. The Balaban J connectivity index is 1.30. The average Bonchev–Trinajstić information content (AvgIpc) is 3.40. The Labute approximate surface area is 159 Å². The molecule has 0 radical (unpaired) electrons. The fraction of sp³-hybridized carbons (Fsp3) is 0.444. The molecule has 1 aromatic carbocycles. The molecule has 2 N–H and O–H groups in total. The van der Waals surface area contributed by atoms with E-state index < -0.39 is 5.76 Å². The van der Waals surface area contributed by atoms with Gasteiger partial charge in [-0.25, -0.2) is 9.59 Å². The molecule has 0 aliphatic carbocycles. The number of rotatable bonds is 6. The van der Waals surface area contributed by atoms with Gasteiger partial charge < -0.3 is 24.3 Å². The minimum atomic E-state index is -0.415. The van der Waals surface area contributed by atoms with Crippen molar-refractivity contribution in [1.82, 2.24) is 20.0 Å². The van der Waals surface area contributed by atoms with Crippen LogP contribution in [-0.2, 0) is 17.7 Å². The molecule has 2 amide bonds. The van der Waals surface area contributed by atoms with E-state index in [1.165, 1.54) is 4.57 Å². The standard InChI is InChI=1S/C18H21N5O5/c1-2-23-12-6-5-11(10-14(12)27-18(23)25)20-17(24)19-8-7-15-21-16(28-22-15)13-4-3-9-26-13/h5-6,10,13H,2-4,7-9H2,1H3,(H2,19,20,24)/t13-/m0/s1. The Bertz CT molecular complexity index is 1030. The lowest BCUT2D eigenvalue weighted by molar-refractivity contribution is 0.0835. The predicted octanol–water partition coefficient (Wildman–Crippen LogP) is 2.21. The van der Waals surface area contributed by atoms with Crippen molar-refractivity contribution in [3.05, 3.63) is 40.5 Å². The molecule has 10 nitrogen and oxygen atoms in total. The number of aromatic nitrogens is 3. The van der Waals surface area contributed by atoms with Crippen molar-refractivity contribution in [3.63, 3.8) is 0 Å². The van der Waals surface area contributed by atoms with E-state index in [1.807, 2.05) is 6.92 Å². The molecule has 3 aromatic rings. The van der Waals surface area contributed by atoms with Crippen LogP contribution in [-0.4, -0.2) is 33.9 Å². The van der Waals surface area contributed by atoms with E-state index in [0.29, 0.717) is 54.6 Å². The van der Waals surface area contributed by atoms with Crippen LogP contribution in [0.25, 0.3) is 11.1 Å². The van der Waals surface area contributed by atoms with Gasteiger partial charge in [0.1, 0.15) is 6.10 Å². The second-order valence-electron chi connectivity index (χ2n) is 6.48. The predicted molar refractivity (Wildman–Crippen MR) is 99.1 cm³/mol. The summed E-state index contributed by atoms with van der Waals surface area (Å²) in [5.41, 5.74) is 1.65. The molecular weight excluding hydrogens is 366 g/mol. The van der Waals surface area contributed by atoms with Crippen molar-refractivity contribution in [2.24, 2.45) is 0 Å². The summed E-state index contributed by atoms with van der Waals surface area (Å²) in [4.78, 5) is 28.1. The minimum absolute atomic E-state index is 0.116. The van der Waals surface area contributed by atoms with Crippen LogP contribution in [0.2, 0.25) is 0 Å². The minimum Gasteiger partial charge on any atom is -0.408 e. The number of oxazole rings is 1. The second-order valence-corrected chi connectivity index (χ2v) is 6.48. The van der Waals surface area contributed by atoms with Crippen LogP contribution in [0.4, 0.5) is 10.5 Å². The van der Waals surface area contributed by atoms with E-state index in [9.17, 15) is 9.59 Å². The van der Waals surface area contributed by atoms with E-state index in [2.05, 4.69) is 20.8 Å². The summed E-state index contributed by atoms with van der Waals surface area (Å²) in [6, 6.07) is 4.70. The molecule has 10 heteroatoms. The van der Waals surface area contributed by atoms with Crippen LogP contribution >= 0.6 is 0 Å². The number of anilines is 1. The highest BCUT2D eigenvalue weighted by molar-refractivity contribution is 5.91. The highest BCUT2D eigenvalue weighted by Gasteiger charge is 2.23. The number of nitrogens with one attached hydrogen (secondary N) is 2. The average molecular weight is 387 g/mol. The van der Waals surface area contributed by atoms with Crippen molar-refractivity contribution >= 4 is 22.8 Å². The van der Waals surface area contributed by atoms with Gasteiger partial charge in [-0.1, -0.05) is 5.16 Å². The van der Waals surface area contributed by atoms with Crippen molar-refractivity contribution in [2.45, 2.75) is 38.8 Å². The third-order valence-electron chi connectivity index (χ3n) is 4.57. The number of carbonyl (C=O) groups excluding carboxylic acids is 1. The SMILES string of the molecule is CCn1c(=O)oc2cc(NC(=O)NCCc3noc([C@@H]4CCCO4)n3)ccc21. The third-order valence-corrected chi connectivity index (χ3v) is 4.57. The monoisotopic (exact) mass is 387 g/mol. The van der Waals surface area contributed by atoms with E-state index >= 15 is 0 Å². The van der Waals surface area contributed by atoms with Gasteiger partial charge in [-0.2, -0.15) is 4.98 Å². The van der Waals surface area contributed by atoms with Gasteiger partial charge >= 0.3 is 11.8 Å². The van der Waals surface area contributed by atoms with Crippen molar-refractivity contribution in [1.29, 1.82) is 0 Å². The fourth-order valence-electron chi connectivity index (χ4n) is 3.18. The van der Waals surface area contributed by atoms with Gasteiger partial charge in [0.15, 0.2) is 11.4 Å². The highest BCUT2D eigenvalue weighted by Crippen LogP contribution is 2.26. The maximum absolute atomic E-state index is 12.1. The van der Waals surface area contributed by atoms with Crippen molar-refractivity contribution < 1.29 is 18.5 Å². The summed E-state index contributed by atoms with van der Waals surface area (Å²) in [6.07, 6.45) is 2.20. The number of aryl methyl sites for hydroxylation is 1. The number of benzene rings is 1. The molecule has 1 fully saturated rings. The Morgan fingerprint density at radius 3 is 3.07 bits per heavy atom. The molecule has 1 atom stereocenters. The lowest BCUT2D eigenvalue weighted by Crippen LogP contribution is -2.30. The number of nitrogens with zero attached hydrogens (tertiary/aromatic N) is 3. The van der Waals surface area contributed by atoms with E-state index in [-0.39, 0.29) is 12.1 Å². The van der Waals surface area contributed by atoms with Crippen LogP contribution in [0.5, 0.6) is 0 Å². The number of ether oxygens (including phenoxy) is 1. The molecular formula is C18H21N5O5. The molecule has 1 saturated heterocycles. The van der Waals surface area contributed by atoms with Crippen molar-refractivity contribution in [3.8, 4) is 0 Å². The second kappa shape index (κ2) is 7.85. The van der Waals surface area contributed by atoms with Gasteiger partial charge in [0.05, 0.1) is 5.52 Å². The maximum Gasteiger partial charge on any atom is 0.419 e. The van der Waals surface area contributed by atoms with Crippen LogP contribution in [0, 0.1) is 0 Å². The normalized spacial score (nSPS) is 16.5. The van der Waals surface area contributed by atoms with E-state index in [1.54, 1.807) is 18.2 Å². The lowest BCUT2D eigenvalue weighted by atomic mass is 10.2. The molecule has 1 aliphatic rings. The summed E-state index contributed by atoms with van der Waals surface area (Å²) < 4.78 is 17.4. The Kier molecular flexibility index (Phi) is 5.11. The molecule has 0 spiro atoms. The zero-order valence-electron chi connectivity index (χ0n) is 15.4. The van der Waals surface area contributed by atoms with Crippen LogP contribution in [0.1, 0.15) is 37.6 Å². The zero-order valence-corrected chi connectivity index (χ0v) is 15.4. The summed E-state index contributed by atoms with van der Waals surface area (Å²) in [6.45, 7) is 3.44. The number of carbonyl (C=O) groups is 1. The van der Waals surface area contributed by atoms with Gasteiger partial charge in [0.25, 0.3) is 5.89 Å². The van der Waals surface area contributed by atoms with Gasteiger partial charge in [-0.05, 0) is 31.9 Å². The smallest absolute Gasteiger partial charge is 0.408 e. The fourth-order valence-corrected chi connectivity index (χ4v) is 3.18. The number of hydrogen-bond donors (Lipinski definition) is 2. The molecule has 3 heterocycles. The number of amides is 2. The third kappa shape index (κ3) is 3.77. The Morgan fingerprint density at radius 2 is 2.29 bits per heavy atom. The topological polar surface area (TPSA) is 124 Å². The van der Waals surface area contributed by atoms with E-state index in [0.717, 1.165) is 12.8 Å².